The zero-order chi connectivity index (χ0) is 30.7. The van der Waals surface area contributed by atoms with Gasteiger partial charge in [-0.1, -0.05) is 36.4 Å². The van der Waals surface area contributed by atoms with Crippen LogP contribution in [0.25, 0.3) is 16.9 Å². The number of carboxylic acid groups (broad SMARTS) is 1. The number of ether oxygens (including phenoxy) is 2. The fourth-order valence-corrected chi connectivity index (χ4v) is 3.85. The molecule has 0 saturated carbocycles. The van der Waals surface area contributed by atoms with Gasteiger partial charge in [-0.25, -0.2) is 9.48 Å². The second kappa shape index (κ2) is 11.8. The summed E-state index contributed by atoms with van der Waals surface area (Å²) < 4.78 is 88.0. The molecule has 0 spiro atoms. The number of alkyl halides is 6. The smallest absolute Gasteiger partial charge is 0.480 e. The fraction of sp³-hybridized carbons (Fsp3) is 0.192. The summed E-state index contributed by atoms with van der Waals surface area (Å²) in [5.41, 5.74) is -0.891. The van der Waals surface area contributed by atoms with Gasteiger partial charge < -0.3 is 19.9 Å². The molecule has 4 rings (SSSR count). The van der Waals surface area contributed by atoms with Crippen molar-refractivity contribution in [2.75, 3.05) is 7.11 Å². The first-order valence-electron chi connectivity index (χ1n) is 11.8. The van der Waals surface area contributed by atoms with Crippen molar-refractivity contribution in [3.63, 3.8) is 0 Å². The molecule has 2 aromatic carbocycles. The number of hydrogen-bond donors (Lipinski definition) is 2. The third-order valence-corrected chi connectivity index (χ3v) is 5.75. The van der Waals surface area contributed by atoms with Crippen LogP contribution in [0.2, 0.25) is 0 Å². The Labute approximate surface area is 232 Å². The maximum atomic E-state index is 14.0. The molecule has 2 N–H and O–H groups in total. The Morgan fingerprint density at radius 1 is 0.929 bits per heavy atom. The molecule has 1 amide bonds. The lowest BCUT2D eigenvalue weighted by Gasteiger charge is -2.16. The molecule has 0 fully saturated rings. The normalized spacial score (nSPS) is 12.5. The highest BCUT2D eigenvalue weighted by Crippen LogP contribution is 2.33. The number of carbonyl (C=O) groups excluding carboxylic acids is 1. The first-order valence-corrected chi connectivity index (χ1v) is 11.8. The van der Waals surface area contributed by atoms with E-state index >= 15 is 0 Å². The van der Waals surface area contributed by atoms with Crippen LogP contribution in [0.4, 0.5) is 26.3 Å². The predicted octanol–water partition coefficient (Wildman–Crippen LogP) is 4.68. The first-order chi connectivity index (χ1) is 19.7. The second-order valence-corrected chi connectivity index (χ2v) is 8.59. The van der Waals surface area contributed by atoms with Crippen LogP contribution in [0.15, 0.2) is 66.9 Å². The third kappa shape index (κ3) is 7.13. The Morgan fingerprint density at radius 3 is 2.05 bits per heavy atom. The van der Waals surface area contributed by atoms with Gasteiger partial charge in [0.2, 0.25) is 5.88 Å². The molecule has 0 aliphatic heterocycles. The maximum absolute atomic E-state index is 14.0. The van der Waals surface area contributed by atoms with Crippen molar-refractivity contribution in [1.82, 2.24) is 25.3 Å². The van der Waals surface area contributed by atoms with Gasteiger partial charge in [0.15, 0.2) is 11.5 Å². The van der Waals surface area contributed by atoms with Crippen molar-refractivity contribution in [2.24, 2.45) is 0 Å². The largest absolute Gasteiger partial charge is 0.573 e. The molecule has 0 saturated heterocycles. The predicted molar refractivity (Wildman–Crippen MR) is 132 cm³/mol. The lowest BCUT2D eigenvalue weighted by molar-refractivity contribution is -0.274. The van der Waals surface area contributed by atoms with E-state index in [1.807, 2.05) is 0 Å². The molecule has 0 unspecified atom stereocenters. The van der Waals surface area contributed by atoms with Crippen molar-refractivity contribution in [2.45, 2.75) is 25.0 Å². The Bertz CT molecular complexity index is 1550. The average Bonchev–Trinajstić information content (AvgIpc) is 3.39. The van der Waals surface area contributed by atoms with Crippen molar-refractivity contribution in [3.8, 4) is 28.6 Å². The summed E-state index contributed by atoms with van der Waals surface area (Å²) in [6.07, 6.45) is -9.56. The monoisotopic (exact) mass is 595 g/mol. The van der Waals surface area contributed by atoms with E-state index in [9.17, 15) is 41.0 Å². The molecule has 220 valence electrons. The van der Waals surface area contributed by atoms with E-state index in [0.29, 0.717) is 27.6 Å². The highest BCUT2D eigenvalue weighted by molar-refractivity contribution is 5.97. The van der Waals surface area contributed by atoms with Crippen LogP contribution in [0.5, 0.6) is 11.6 Å². The number of aliphatic carboxylic acids is 1. The summed E-state index contributed by atoms with van der Waals surface area (Å²) in [6.45, 7) is 0. The molecule has 0 radical (unpaired) electrons. The molecule has 42 heavy (non-hydrogen) atoms. The zero-order valence-electron chi connectivity index (χ0n) is 21.3. The summed E-state index contributed by atoms with van der Waals surface area (Å²) in [6, 6.07) is 12.0. The zero-order valence-corrected chi connectivity index (χ0v) is 21.3. The van der Waals surface area contributed by atoms with Crippen LogP contribution in [0, 0.1) is 0 Å². The van der Waals surface area contributed by atoms with Gasteiger partial charge >= 0.3 is 18.5 Å². The first kappa shape index (κ1) is 29.8. The number of rotatable bonds is 9. The lowest BCUT2D eigenvalue weighted by atomic mass is 10.0. The maximum Gasteiger partial charge on any atom is 0.573 e. The Kier molecular flexibility index (Phi) is 8.35. The van der Waals surface area contributed by atoms with E-state index in [1.165, 1.54) is 37.4 Å². The van der Waals surface area contributed by atoms with Gasteiger partial charge in [-0.3, -0.25) is 4.79 Å². The number of benzene rings is 2. The summed E-state index contributed by atoms with van der Waals surface area (Å²) in [7, 11) is 1.28. The number of methoxy groups -OCH3 is 1. The van der Waals surface area contributed by atoms with Gasteiger partial charge in [0.1, 0.15) is 11.8 Å². The van der Waals surface area contributed by atoms with Crippen LogP contribution in [-0.2, 0) is 17.4 Å². The van der Waals surface area contributed by atoms with Crippen LogP contribution in [0.1, 0.15) is 21.6 Å². The number of halogens is 6. The molecular formula is C26H19F6N5O5. The van der Waals surface area contributed by atoms with Gasteiger partial charge in [-0.2, -0.15) is 18.3 Å². The SMILES string of the molecule is COc1ccc(-n2ncc(C(=O)N[C@@H](Cc3ccc(-c4ccc(OC(F)(F)F)cc4)cc3)C(=O)O)c2C(F)(F)F)nn1. The van der Waals surface area contributed by atoms with Gasteiger partial charge in [0, 0.05) is 12.5 Å². The van der Waals surface area contributed by atoms with Gasteiger partial charge in [-0.05, 0) is 34.9 Å². The van der Waals surface area contributed by atoms with E-state index < -0.39 is 47.5 Å². The standard InChI is InChI=1S/C26H19F6N5O5/c1-41-21-11-10-20(35-36-21)37-22(25(27,28)29)18(13-33-37)23(38)34-19(24(39)40)12-14-2-4-15(5-3-14)16-6-8-17(9-7-16)42-26(30,31)32/h2-11,13,19H,12H2,1H3,(H,34,38)(H,39,40)/t19-/m0/s1. The minimum atomic E-state index is -5.07. The van der Waals surface area contributed by atoms with E-state index in [1.54, 1.807) is 12.1 Å². The molecule has 1 atom stereocenters. The molecule has 0 aliphatic carbocycles. The van der Waals surface area contributed by atoms with Gasteiger partial charge in [0.05, 0.1) is 18.9 Å². The third-order valence-electron chi connectivity index (χ3n) is 5.75. The highest BCUT2D eigenvalue weighted by atomic mass is 19.4. The van der Waals surface area contributed by atoms with E-state index in [-0.39, 0.29) is 18.1 Å². The van der Waals surface area contributed by atoms with Crippen LogP contribution in [-0.4, -0.2) is 56.5 Å². The number of hydrogen-bond acceptors (Lipinski definition) is 7. The van der Waals surface area contributed by atoms with E-state index in [0.717, 1.165) is 18.2 Å². The number of amides is 1. The van der Waals surface area contributed by atoms with Gasteiger partial charge in [-0.15, -0.1) is 23.4 Å². The molecule has 2 aromatic heterocycles. The molecule has 10 nitrogen and oxygen atoms in total. The number of nitrogens with zero attached hydrogens (tertiary/aromatic N) is 4. The number of carboxylic acids is 1. The number of nitrogens with one attached hydrogen (secondary N) is 1. The average molecular weight is 595 g/mol. The minimum Gasteiger partial charge on any atom is -0.480 e. The van der Waals surface area contributed by atoms with Crippen molar-refractivity contribution in [1.29, 1.82) is 0 Å². The minimum absolute atomic E-state index is 0.0307. The van der Waals surface area contributed by atoms with Crippen molar-refractivity contribution < 1.29 is 50.5 Å². The Hall–Kier alpha value is -5.15. The second-order valence-electron chi connectivity index (χ2n) is 8.59. The van der Waals surface area contributed by atoms with Crippen LogP contribution in [0.3, 0.4) is 0 Å². The molecule has 0 aliphatic rings. The Balaban J connectivity index is 1.51. The Morgan fingerprint density at radius 2 is 1.55 bits per heavy atom. The summed E-state index contributed by atoms with van der Waals surface area (Å²) in [5.74, 6) is -3.57. The quantitative estimate of drug-likeness (QED) is 0.267. The highest BCUT2D eigenvalue weighted by Gasteiger charge is 2.41. The fourth-order valence-electron chi connectivity index (χ4n) is 3.85. The summed E-state index contributed by atoms with van der Waals surface area (Å²) in [5, 5.41) is 22.5. The van der Waals surface area contributed by atoms with Crippen LogP contribution < -0.4 is 14.8 Å². The van der Waals surface area contributed by atoms with Crippen molar-refractivity contribution in [3.05, 3.63) is 83.7 Å². The number of carbonyl (C=O) groups is 2. The van der Waals surface area contributed by atoms with E-state index in [4.69, 9.17) is 4.74 Å². The van der Waals surface area contributed by atoms with Gasteiger partial charge in [0.25, 0.3) is 5.91 Å². The van der Waals surface area contributed by atoms with Crippen molar-refractivity contribution >= 4 is 11.9 Å². The number of aromatic nitrogens is 4. The summed E-state index contributed by atoms with van der Waals surface area (Å²) in [4.78, 5) is 24.7. The molecule has 16 heteroatoms. The molecule has 2 heterocycles. The van der Waals surface area contributed by atoms with Crippen LogP contribution >= 0.6 is 0 Å². The lowest BCUT2D eigenvalue weighted by Crippen LogP contribution is -2.42. The molecule has 4 aromatic rings. The molecule has 0 bridgehead atoms. The summed E-state index contributed by atoms with van der Waals surface area (Å²) >= 11 is 0. The van der Waals surface area contributed by atoms with E-state index in [2.05, 4.69) is 25.3 Å². The topological polar surface area (TPSA) is 128 Å². The molecular weight excluding hydrogens is 576 g/mol.